The normalized spacial score (nSPS) is 11.8. The Morgan fingerprint density at radius 3 is 2.70 bits per heavy atom. The number of carbonyl (C=O) groups is 1. The SMILES string of the molecule is CCN(CC(C)C(N)=S)C(=O)c1ccc(F)c(OC)c1. The maximum Gasteiger partial charge on any atom is 0.254 e. The highest BCUT2D eigenvalue weighted by Gasteiger charge is 2.19. The molecule has 1 aromatic rings. The molecule has 1 amide bonds. The maximum absolute atomic E-state index is 13.3. The largest absolute Gasteiger partial charge is 0.494 e. The predicted octanol–water partition coefficient (Wildman–Crippen LogP) is 2.22. The molecule has 0 saturated carbocycles. The molecule has 0 heterocycles. The second kappa shape index (κ2) is 7.19. The van der Waals surface area contributed by atoms with Crippen LogP contribution in [0.2, 0.25) is 0 Å². The molecule has 0 aliphatic carbocycles. The first kappa shape index (κ1) is 16.4. The number of hydrogen-bond acceptors (Lipinski definition) is 3. The van der Waals surface area contributed by atoms with E-state index in [2.05, 4.69) is 0 Å². The van der Waals surface area contributed by atoms with Crippen molar-refractivity contribution in [1.82, 2.24) is 4.90 Å². The zero-order valence-corrected chi connectivity index (χ0v) is 12.7. The van der Waals surface area contributed by atoms with Crippen molar-refractivity contribution in [2.24, 2.45) is 11.7 Å². The number of carbonyl (C=O) groups excluding carboxylic acids is 1. The summed E-state index contributed by atoms with van der Waals surface area (Å²) in [5, 5.41) is 0. The second-order valence-corrected chi connectivity index (χ2v) is 4.97. The maximum atomic E-state index is 13.3. The topological polar surface area (TPSA) is 55.6 Å². The monoisotopic (exact) mass is 298 g/mol. The third-order valence-corrected chi connectivity index (χ3v) is 3.45. The summed E-state index contributed by atoms with van der Waals surface area (Å²) in [6, 6.07) is 4.05. The summed E-state index contributed by atoms with van der Waals surface area (Å²) in [4.78, 5) is 14.4. The highest BCUT2D eigenvalue weighted by molar-refractivity contribution is 7.80. The van der Waals surface area contributed by atoms with Gasteiger partial charge < -0.3 is 15.4 Å². The predicted molar refractivity (Wildman–Crippen MR) is 80.5 cm³/mol. The number of benzene rings is 1. The van der Waals surface area contributed by atoms with E-state index in [1.54, 1.807) is 4.90 Å². The molecule has 1 atom stereocenters. The molecule has 0 aliphatic heterocycles. The molecule has 0 saturated heterocycles. The summed E-state index contributed by atoms with van der Waals surface area (Å²) in [5.74, 6) is -0.719. The molecule has 4 nitrogen and oxygen atoms in total. The van der Waals surface area contributed by atoms with Crippen LogP contribution >= 0.6 is 12.2 Å². The third kappa shape index (κ3) is 3.90. The number of nitrogens with two attached hydrogens (primary N) is 1. The van der Waals surface area contributed by atoms with Crippen LogP contribution < -0.4 is 10.5 Å². The van der Waals surface area contributed by atoms with Gasteiger partial charge in [-0.05, 0) is 25.1 Å². The molecule has 1 unspecified atom stereocenters. The van der Waals surface area contributed by atoms with Gasteiger partial charge in [0.25, 0.3) is 5.91 Å². The van der Waals surface area contributed by atoms with Crippen LogP contribution in [0.5, 0.6) is 5.75 Å². The molecule has 110 valence electrons. The Morgan fingerprint density at radius 1 is 1.55 bits per heavy atom. The molecule has 0 aliphatic rings. The van der Waals surface area contributed by atoms with Crippen molar-refractivity contribution in [1.29, 1.82) is 0 Å². The standard InChI is InChI=1S/C14H19FN2O2S/c1-4-17(8-9(2)13(16)20)14(18)10-5-6-11(15)12(7-10)19-3/h5-7,9H,4,8H2,1-3H3,(H2,16,20). The molecule has 0 radical (unpaired) electrons. The van der Waals surface area contributed by atoms with E-state index in [1.807, 2.05) is 13.8 Å². The van der Waals surface area contributed by atoms with Crippen LogP contribution in [0.3, 0.4) is 0 Å². The summed E-state index contributed by atoms with van der Waals surface area (Å²) in [6.07, 6.45) is 0. The van der Waals surface area contributed by atoms with Crippen molar-refractivity contribution >= 4 is 23.1 Å². The van der Waals surface area contributed by atoms with Gasteiger partial charge in [0.15, 0.2) is 11.6 Å². The van der Waals surface area contributed by atoms with E-state index in [9.17, 15) is 9.18 Å². The van der Waals surface area contributed by atoms with Crippen LogP contribution in [0, 0.1) is 11.7 Å². The first-order chi connectivity index (χ1) is 9.40. The zero-order valence-electron chi connectivity index (χ0n) is 11.9. The number of amides is 1. The van der Waals surface area contributed by atoms with Gasteiger partial charge in [-0.15, -0.1) is 0 Å². The molecule has 0 aromatic heterocycles. The number of rotatable bonds is 6. The van der Waals surface area contributed by atoms with Crippen molar-refractivity contribution in [3.63, 3.8) is 0 Å². The van der Waals surface area contributed by atoms with Gasteiger partial charge in [0.05, 0.1) is 12.1 Å². The quantitative estimate of drug-likeness (QED) is 0.818. The summed E-state index contributed by atoms with van der Waals surface area (Å²) < 4.78 is 18.2. The minimum Gasteiger partial charge on any atom is -0.494 e. The molecule has 20 heavy (non-hydrogen) atoms. The van der Waals surface area contributed by atoms with Crippen molar-refractivity contribution in [3.05, 3.63) is 29.6 Å². The van der Waals surface area contributed by atoms with Crippen LogP contribution in [0.25, 0.3) is 0 Å². The molecular formula is C14H19FN2O2S. The fourth-order valence-corrected chi connectivity index (χ4v) is 1.83. The van der Waals surface area contributed by atoms with Gasteiger partial charge in [0.2, 0.25) is 0 Å². The number of hydrogen-bond donors (Lipinski definition) is 1. The van der Waals surface area contributed by atoms with Gasteiger partial charge in [-0.3, -0.25) is 4.79 Å². The Bertz CT molecular complexity index is 508. The molecule has 0 fully saturated rings. The summed E-state index contributed by atoms with van der Waals surface area (Å²) in [7, 11) is 1.36. The molecule has 0 bridgehead atoms. The van der Waals surface area contributed by atoms with Crippen molar-refractivity contribution in [3.8, 4) is 5.75 Å². The Hall–Kier alpha value is -1.69. The fourth-order valence-electron chi connectivity index (χ4n) is 1.75. The minimum atomic E-state index is -0.497. The highest BCUT2D eigenvalue weighted by Crippen LogP contribution is 2.19. The molecular weight excluding hydrogens is 279 g/mol. The summed E-state index contributed by atoms with van der Waals surface area (Å²) in [5.41, 5.74) is 5.94. The number of ether oxygens (including phenoxy) is 1. The van der Waals surface area contributed by atoms with Gasteiger partial charge in [-0.2, -0.15) is 0 Å². The average Bonchev–Trinajstić information content (AvgIpc) is 2.44. The Morgan fingerprint density at radius 2 is 2.20 bits per heavy atom. The Kier molecular flexibility index (Phi) is 5.88. The van der Waals surface area contributed by atoms with Crippen molar-refractivity contribution in [2.75, 3.05) is 20.2 Å². The van der Waals surface area contributed by atoms with Gasteiger partial charge in [-0.1, -0.05) is 19.1 Å². The summed E-state index contributed by atoms with van der Waals surface area (Å²) in [6.45, 7) is 4.68. The fraction of sp³-hybridized carbons (Fsp3) is 0.429. The molecule has 6 heteroatoms. The zero-order chi connectivity index (χ0) is 15.3. The van der Waals surface area contributed by atoms with Gasteiger partial charge in [0, 0.05) is 24.6 Å². The van der Waals surface area contributed by atoms with E-state index < -0.39 is 5.82 Å². The molecule has 1 rings (SSSR count). The van der Waals surface area contributed by atoms with E-state index in [1.165, 1.54) is 25.3 Å². The lowest BCUT2D eigenvalue weighted by atomic mass is 10.1. The van der Waals surface area contributed by atoms with Crippen molar-refractivity contribution in [2.45, 2.75) is 13.8 Å². The van der Waals surface area contributed by atoms with E-state index >= 15 is 0 Å². The number of halogens is 1. The average molecular weight is 298 g/mol. The number of nitrogens with zero attached hydrogens (tertiary/aromatic N) is 1. The van der Waals surface area contributed by atoms with E-state index in [-0.39, 0.29) is 17.6 Å². The van der Waals surface area contributed by atoms with Crippen LogP contribution in [-0.2, 0) is 0 Å². The third-order valence-electron chi connectivity index (χ3n) is 3.05. The summed E-state index contributed by atoms with van der Waals surface area (Å²) >= 11 is 4.91. The van der Waals surface area contributed by atoms with Gasteiger partial charge in [-0.25, -0.2) is 4.39 Å². The second-order valence-electron chi connectivity index (χ2n) is 4.50. The molecule has 2 N–H and O–H groups in total. The first-order valence-corrected chi connectivity index (χ1v) is 6.73. The lowest BCUT2D eigenvalue weighted by Crippen LogP contribution is -2.38. The van der Waals surface area contributed by atoms with Gasteiger partial charge >= 0.3 is 0 Å². The Labute approximate surface area is 123 Å². The minimum absolute atomic E-state index is 0.0503. The van der Waals surface area contributed by atoms with E-state index in [0.717, 1.165) is 0 Å². The molecule has 1 aromatic carbocycles. The lowest BCUT2D eigenvalue weighted by Gasteiger charge is -2.24. The molecule has 0 spiro atoms. The smallest absolute Gasteiger partial charge is 0.254 e. The lowest BCUT2D eigenvalue weighted by molar-refractivity contribution is 0.0754. The van der Waals surface area contributed by atoms with Crippen LogP contribution in [0.1, 0.15) is 24.2 Å². The highest BCUT2D eigenvalue weighted by atomic mass is 32.1. The number of thiocarbonyl (C=S) groups is 1. The number of methoxy groups -OCH3 is 1. The van der Waals surface area contributed by atoms with E-state index in [4.69, 9.17) is 22.7 Å². The van der Waals surface area contributed by atoms with Crippen LogP contribution in [0.15, 0.2) is 18.2 Å². The Balaban J connectivity index is 2.93. The van der Waals surface area contributed by atoms with Crippen molar-refractivity contribution < 1.29 is 13.9 Å². The van der Waals surface area contributed by atoms with Gasteiger partial charge in [0.1, 0.15) is 0 Å². The first-order valence-electron chi connectivity index (χ1n) is 6.32. The van der Waals surface area contributed by atoms with E-state index in [0.29, 0.717) is 23.6 Å². The van der Waals surface area contributed by atoms with Crippen LogP contribution in [-0.4, -0.2) is 36.0 Å². The van der Waals surface area contributed by atoms with Crippen LogP contribution in [0.4, 0.5) is 4.39 Å².